The van der Waals surface area contributed by atoms with Gasteiger partial charge in [-0.3, -0.25) is 4.79 Å². The minimum absolute atomic E-state index is 0.0275. The van der Waals surface area contributed by atoms with E-state index in [1.807, 2.05) is 31.2 Å². The third-order valence-electron chi connectivity index (χ3n) is 2.70. The van der Waals surface area contributed by atoms with Gasteiger partial charge in [-0.25, -0.2) is 0 Å². The van der Waals surface area contributed by atoms with Crippen molar-refractivity contribution in [1.29, 1.82) is 0 Å². The third kappa shape index (κ3) is 2.14. The van der Waals surface area contributed by atoms with Crippen molar-refractivity contribution >= 4 is 17.5 Å². The minimum atomic E-state index is -0.172. The molecule has 0 saturated carbocycles. The molecule has 1 heterocycles. The number of alkyl halides is 1. The Morgan fingerprint density at radius 3 is 3.12 bits per heavy atom. The first-order chi connectivity index (χ1) is 7.72. The number of ether oxygens (including phenoxy) is 1. The lowest BCUT2D eigenvalue weighted by Crippen LogP contribution is -2.34. The SMILES string of the molecule is CC(CCl)C(=O)NC1COc2ccccc21. The molecule has 0 saturated heterocycles. The average molecular weight is 240 g/mol. The number of hydrogen-bond acceptors (Lipinski definition) is 2. The summed E-state index contributed by atoms with van der Waals surface area (Å²) in [5.74, 6) is 0.988. The molecule has 0 spiro atoms. The van der Waals surface area contributed by atoms with Crippen LogP contribution in [0.2, 0.25) is 0 Å². The van der Waals surface area contributed by atoms with Gasteiger partial charge < -0.3 is 10.1 Å². The second kappa shape index (κ2) is 4.74. The summed E-state index contributed by atoms with van der Waals surface area (Å²) in [7, 11) is 0. The van der Waals surface area contributed by atoms with Crippen LogP contribution in [-0.4, -0.2) is 18.4 Å². The molecule has 4 heteroatoms. The maximum atomic E-state index is 11.7. The molecule has 1 amide bonds. The largest absolute Gasteiger partial charge is 0.491 e. The number of halogens is 1. The summed E-state index contributed by atoms with van der Waals surface area (Å²) in [6.07, 6.45) is 0. The van der Waals surface area contributed by atoms with E-state index in [4.69, 9.17) is 16.3 Å². The molecule has 1 aromatic rings. The lowest BCUT2D eigenvalue weighted by atomic mass is 10.1. The van der Waals surface area contributed by atoms with Gasteiger partial charge in [-0.1, -0.05) is 25.1 Å². The molecule has 0 radical (unpaired) electrons. The standard InChI is InChI=1S/C12H14ClNO2/c1-8(6-13)12(15)14-10-7-16-11-5-3-2-4-9(10)11/h2-5,8,10H,6-7H2,1H3,(H,14,15). The number of benzene rings is 1. The molecule has 1 aliphatic heterocycles. The van der Waals surface area contributed by atoms with Crippen LogP contribution in [0.15, 0.2) is 24.3 Å². The summed E-state index contributed by atoms with van der Waals surface area (Å²) >= 11 is 5.64. The number of rotatable bonds is 3. The maximum Gasteiger partial charge on any atom is 0.224 e. The Balaban J connectivity index is 2.06. The molecule has 1 aromatic carbocycles. The van der Waals surface area contributed by atoms with Gasteiger partial charge in [0.2, 0.25) is 5.91 Å². The molecule has 2 rings (SSSR count). The molecule has 1 aliphatic rings. The molecule has 0 aliphatic carbocycles. The fourth-order valence-electron chi connectivity index (χ4n) is 1.67. The van der Waals surface area contributed by atoms with Gasteiger partial charge in [0, 0.05) is 17.4 Å². The number of carbonyl (C=O) groups is 1. The van der Waals surface area contributed by atoms with Crippen LogP contribution in [-0.2, 0) is 4.79 Å². The highest BCUT2D eigenvalue weighted by atomic mass is 35.5. The minimum Gasteiger partial charge on any atom is -0.491 e. The van der Waals surface area contributed by atoms with Crippen LogP contribution in [0.1, 0.15) is 18.5 Å². The summed E-state index contributed by atoms with van der Waals surface area (Å²) in [6.45, 7) is 2.31. The summed E-state index contributed by atoms with van der Waals surface area (Å²) in [5.41, 5.74) is 1.04. The van der Waals surface area contributed by atoms with Crippen molar-refractivity contribution in [3.8, 4) is 5.75 Å². The molecular weight excluding hydrogens is 226 g/mol. The zero-order valence-electron chi connectivity index (χ0n) is 9.07. The van der Waals surface area contributed by atoms with E-state index < -0.39 is 0 Å². The van der Waals surface area contributed by atoms with Gasteiger partial charge in [0.25, 0.3) is 0 Å². The Kier molecular flexibility index (Phi) is 3.34. The van der Waals surface area contributed by atoms with Crippen LogP contribution in [0.3, 0.4) is 0 Å². The fourth-order valence-corrected chi connectivity index (χ4v) is 1.81. The number of para-hydroxylation sites is 1. The first-order valence-electron chi connectivity index (χ1n) is 5.30. The smallest absolute Gasteiger partial charge is 0.224 e. The van der Waals surface area contributed by atoms with Crippen LogP contribution >= 0.6 is 11.6 Å². The fraction of sp³-hybridized carbons (Fsp3) is 0.417. The van der Waals surface area contributed by atoms with Crippen molar-refractivity contribution < 1.29 is 9.53 Å². The Morgan fingerprint density at radius 2 is 2.38 bits per heavy atom. The van der Waals surface area contributed by atoms with Crippen LogP contribution in [0.4, 0.5) is 0 Å². The molecule has 16 heavy (non-hydrogen) atoms. The van der Waals surface area contributed by atoms with Crippen molar-refractivity contribution in [2.75, 3.05) is 12.5 Å². The lowest BCUT2D eigenvalue weighted by molar-refractivity contribution is -0.124. The quantitative estimate of drug-likeness (QED) is 0.821. The lowest BCUT2D eigenvalue weighted by Gasteiger charge is -2.14. The average Bonchev–Trinajstić information content (AvgIpc) is 2.72. The van der Waals surface area contributed by atoms with Crippen LogP contribution in [0.5, 0.6) is 5.75 Å². The number of hydrogen-bond donors (Lipinski definition) is 1. The number of fused-ring (bicyclic) bond motifs is 1. The van der Waals surface area contributed by atoms with E-state index in [1.165, 1.54) is 0 Å². The Hall–Kier alpha value is -1.22. The molecule has 0 bridgehead atoms. The van der Waals surface area contributed by atoms with Crippen molar-refractivity contribution in [1.82, 2.24) is 5.32 Å². The van der Waals surface area contributed by atoms with Crippen molar-refractivity contribution in [2.24, 2.45) is 5.92 Å². The number of nitrogens with one attached hydrogen (secondary N) is 1. The van der Waals surface area contributed by atoms with Gasteiger partial charge in [0.15, 0.2) is 0 Å². The van der Waals surface area contributed by atoms with E-state index in [0.717, 1.165) is 11.3 Å². The first-order valence-corrected chi connectivity index (χ1v) is 5.84. The van der Waals surface area contributed by atoms with E-state index in [9.17, 15) is 4.79 Å². The second-order valence-corrected chi connectivity index (χ2v) is 4.27. The van der Waals surface area contributed by atoms with E-state index >= 15 is 0 Å². The first kappa shape index (κ1) is 11.3. The molecule has 1 N–H and O–H groups in total. The monoisotopic (exact) mass is 239 g/mol. The molecule has 2 atom stereocenters. The maximum absolute atomic E-state index is 11.7. The summed E-state index contributed by atoms with van der Waals surface area (Å²) < 4.78 is 5.48. The van der Waals surface area contributed by atoms with E-state index in [2.05, 4.69) is 5.32 Å². The van der Waals surface area contributed by atoms with Crippen molar-refractivity contribution in [2.45, 2.75) is 13.0 Å². The molecule has 86 valence electrons. The Morgan fingerprint density at radius 1 is 1.62 bits per heavy atom. The van der Waals surface area contributed by atoms with Gasteiger partial charge in [0.05, 0.1) is 6.04 Å². The zero-order chi connectivity index (χ0) is 11.5. The van der Waals surface area contributed by atoms with E-state index in [0.29, 0.717) is 12.5 Å². The Bertz CT molecular complexity index is 394. The summed E-state index contributed by atoms with van der Waals surface area (Å²) in [6, 6.07) is 7.70. The second-order valence-electron chi connectivity index (χ2n) is 3.97. The van der Waals surface area contributed by atoms with E-state index in [-0.39, 0.29) is 17.9 Å². The molecular formula is C12H14ClNO2. The highest BCUT2D eigenvalue weighted by Crippen LogP contribution is 2.31. The molecule has 0 aromatic heterocycles. The third-order valence-corrected chi connectivity index (χ3v) is 3.16. The number of amides is 1. The van der Waals surface area contributed by atoms with Crippen LogP contribution < -0.4 is 10.1 Å². The van der Waals surface area contributed by atoms with Gasteiger partial charge in [-0.15, -0.1) is 11.6 Å². The normalized spacial score (nSPS) is 19.8. The van der Waals surface area contributed by atoms with Gasteiger partial charge >= 0.3 is 0 Å². The predicted octanol–water partition coefficient (Wildman–Crippen LogP) is 2.11. The van der Waals surface area contributed by atoms with Crippen molar-refractivity contribution in [3.05, 3.63) is 29.8 Å². The van der Waals surface area contributed by atoms with Gasteiger partial charge in [-0.2, -0.15) is 0 Å². The van der Waals surface area contributed by atoms with Crippen molar-refractivity contribution in [3.63, 3.8) is 0 Å². The molecule has 3 nitrogen and oxygen atoms in total. The van der Waals surface area contributed by atoms with Crippen LogP contribution in [0, 0.1) is 5.92 Å². The van der Waals surface area contributed by atoms with Crippen LogP contribution in [0.25, 0.3) is 0 Å². The molecule has 2 unspecified atom stereocenters. The summed E-state index contributed by atoms with van der Waals surface area (Å²) in [5, 5.41) is 2.94. The summed E-state index contributed by atoms with van der Waals surface area (Å²) in [4.78, 5) is 11.7. The number of carbonyl (C=O) groups excluding carboxylic acids is 1. The topological polar surface area (TPSA) is 38.3 Å². The molecule has 0 fully saturated rings. The predicted molar refractivity (Wildman–Crippen MR) is 62.7 cm³/mol. The van der Waals surface area contributed by atoms with Gasteiger partial charge in [0.1, 0.15) is 12.4 Å². The zero-order valence-corrected chi connectivity index (χ0v) is 9.83. The highest BCUT2D eigenvalue weighted by Gasteiger charge is 2.26. The Labute approximate surface area is 99.7 Å². The van der Waals surface area contributed by atoms with E-state index in [1.54, 1.807) is 0 Å². The highest BCUT2D eigenvalue weighted by molar-refractivity contribution is 6.19. The van der Waals surface area contributed by atoms with Gasteiger partial charge in [-0.05, 0) is 6.07 Å².